The standard InChI is InChI=1S/C20H21FN2O2/c1-13-17(18-12-16(25-2)7-8-19(18)23-13)9-10-22-20(24)11-14-3-5-15(21)6-4-14/h3-8,12,23H,9-11H2,1-2H3,(H,22,24). The number of aryl methyl sites for hydroxylation is 1. The minimum absolute atomic E-state index is 0.0679. The van der Waals surface area contributed by atoms with Crippen molar-refractivity contribution in [3.05, 3.63) is 65.1 Å². The third kappa shape index (κ3) is 3.99. The molecule has 0 saturated heterocycles. The number of fused-ring (bicyclic) bond motifs is 1. The van der Waals surface area contributed by atoms with Crippen molar-refractivity contribution in [3.8, 4) is 5.75 Å². The number of aromatic nitrogens is 1. The van der Waals surface area contributed by atoms with Crippen molar-refractivity contribution in [1.82, 2.24) is 10.3 Å². The van der Waals surface area contributed by atoms with E-state index in [2.05, 4.69) is 10.3 Å². The van der Waals surface area contributed by atoms with Crippen LogP contribution in [0.25, 0.3) is 10.9 Å². The Morgan fingerprint density at radius 2 is 1.96 bits per heavy atom. The molecule has 1 heterocycles. The lowest BCUT2D eigenvalue weighted by molar-refractivity contribution is -0.120. The second kappa shape index (κ2) is 7.38. The van der Waals surface area contributed by atoms with Crippen LogP contribution in [0.2, 0.25) is 0 Å². The van der Waals surface area contributed by atoms with E-state index in [4.69, 9.17) is 4.74 Å². The van der Waals surface area contributed by atoms with E-state index in [0.29, 0.717) is 6.54 Å². The fourth-order valence-corrected chi connectivity index (χ4v) is 2.99. The summed E-state index contributed by atoms with van der Waals surface area (Å²) in [6.45, 7) is 2.58. The first kappa shape index (κ1) is 17.0. The molecule has 1 aromatic heterocycles. The summed E-state index contributed by atoms with van der Waals surface area (Å²) in [5, 5.41) is 4.04. The van der Waals surface area contributed by atoms with Crippen LogP contribution in [-0.2, 0) is 17.6 Å². The topological polar surface area (TPSA) is 54.1 Å². The van der Waals surface area contributed by atoms with E-state index in [1.165, 1.54) is 17.7 Å². The van der Waals surface area contributed by atoms with Crippen LogP contribution in [0.3, 0.4) is 0 Å². The van der Waals surface area contributed by atoms with Crippen LogP contribution < -0.4 is 10.1 Å². The molecule has 25 heavy (non-hydrogen) atoms. The van der Waals surface area contributed by atoms with Crippen LogP contribution in [0.4, 0.5) is 4.39 Å². The molecule has 0 bridgehead atoms. The monoisotopic (exact) mass is 340 g/mol. The number of amides is 1. The Labute approximate surface area is 146 Å². The van der Waals surface area contributed by atoms with Crippen molar-refractivity contribution >= 4 is 16.8 Å². The lowest BCUT2D eigenvalue weighted by Crippen LogP contribution is -2.27. The SMILES string of the molecule is COc1ccc2[nH]c(C)c(CCNC(=O)Cc3ccc(F)cc3)c2c1. The third-order valence-electron chi connectivity index (χ3n) is 4.30. The van der Waals surface area contributed by atoms with Gasteiger partial charge < -0.3 is 15.0 Å². The molecular weight excluding hydrogens is 319 g/mol. The van der Waals surface area contributed by atoms with Crippen LogP contribution in [0.15, 0.2) is 42.5 Å². The molecule has 0 atom stereocenters. The van der Waals surface area contributed by atoms with Crippen molar-refractivity contribution in [2.45, 2.75) is 19.8 Å². The van der Waals surface area contributed by atoms with Crippen LogP contribution in [-0.4, -0.2) is 24.5 Å². The molecule has 2 N–H and O–H groups in total. The molecule has 0 unspecified atom stereocenters. The van der Waals surface area contributed by atoms with E-state index >= 15 is 0 Å². The van der Waals surface area contributed by atoms with Gasteiger partial charge in [0.15, 0.2) is 0 Å². The summed E-state index contributed by atoms with van der Waals surface area (Å²) in [4.78, 5) is 15.4. The van der Waals surface area contributed by atoms with Gasteiger partial charge >= 0.3 is 0 Å². The summed E-state index contributed by atoms with van der Waals surface area (Å²) in [5.74, 6) is 0.448. The Bertz CT molecular complexity index is 885. The maximum atomic E-state index is 12.9. The average Bonchev–Trinajstić information content (AvgIpc) is 2.92. The van der Waals surface area contributed by atoms with Crippen LogP contribution in [0.5, 0.6) is 5.75 Å². The van der Waals surface area contributed by atoms with E-state index in [1.807, 2.05) is 25.1 Å². The number of aromatic amines is 1. The zero-order chi connectivity index (χ0) is 17.8. The first-order chi connectivity index (χ1) is 12.1. The number of hydrogen-bond acceptors (Lipinski definition) is 2. The van der Waals surface area contributed by atoms with E-state index in [9.17, 15) is 9.18 Å². The van der Waals surface area contributed by atoms with Crippen LogP contribution in [0, 0.1) is 12.7 Å². The molecule has 0 aliphatic carbocycles. The van der Waals surface area contributed by atoms with Crippen molar-refractivity contribution in [2.75, 3.05) is 13.7 Å². The van der Waals surface area contributed by atoms with Gasteiger partial charge in [-0.3, -0.25) is 4.79 Å². The highest BCUT2D eigenvalue weighted by Crippen LogP contribution is 2.26. The highest BCUT2D eigenvalue weighted by atomic mass is 19.1. The quantitative estimate of drug-likeness (QED) is 0.721. The molecule has 4 nitrogen and oxygen atoms in total. The molecule has 0 radical (unpaired) electrons. The zero-order valence-electron chi connectivity index (χ0n) is 14.4. The fraction of sp³-hybridized carbons (Fsp3) is 0.250. The molecule has 0 aliphatic heterocycles. The third-order valence-corrected chi connectivity index (χ3v) is 4.30. The predicted octanol–water partition coefficient (Wildman–Crippen LogP) is 3.53. The maximum absolute atomic E-state index is 12.9. The lowest BCUT2D eigenvalue weighted by atomic mass is 10.1. The number of methoxy groups -OCH3 is 1. The van der Waals surface area contributed by atoms with Gasteiger partial charge in [-0.25, -0.2) is 4.39 Å². The second-order valence-electron chi connectivity index (χ2n) is 6.04. The molecule has 5 heteroatoms. The Morgan fingerprint density at radius 3 is 2.68 bits per heavy atom. The molecule has 2 aromatic carbocycles. The Morgan fingerprint density at radius 1 is 1.20 bits per heavy atom. The van der Waals surface area contributed by atoms with Gasteiger partial charge in [0.2, 0.25) is 5.91 Å². The highest BCUT2D eigenvalue weighted by molar-refractivity contribution is 5.86. The van der Waals surface area contributed by atoms with E-state index in [-0.39, 0.29) is 18.1 Å². The lowest BCUT2D eigenvalue weighted by Gasteiger charge is -2.07. The number of hydrogen-bond donors (Lipinski definition) is 2. The number of ether oxygens (including phenoxy) is 1. The largest absolute Gasteiger partial charge is 0.497 e. The Balaban J connectivity index is 1.61. The minimum Gasteiger partial charge on any atom is -0.497 e. The number of nitrogens with one attached hydrogen (secondary N) is 2. The number of carbonyl (C=O) groups excluding carboxylic acids is 1. The van der Waals surface area contributed by atoms with Gasteiger partial charge in [-0.1, -0.05) is 12.1 Å². The van der Waals surface area contributed by atoms with Crippen molar-refractivity contribution in [2.24, 2.45) is 0 Å². The summed E-state index contributed by atoms with van der Waals surface area (Å²) in [6.07, 6.45) is 0.981. The number of H-pyrrole nitrogens is 1. The van der Waals surface area contributed by atoms with E-state index < -0.39 is 0 Å². The van der Waals surface area contributed by atoms with Gasteiger partial charge in [0, 0.05) is 23.1 Å². The summed E-state index contributed by atoms with van der Waals surface area (Å²) in [6, 6.07) is 11.9. The van der Waals surface area contributed by atoms with Gasteiger partial charge in [-0.15, -0.1) is 0 Å². The van der Waals surface area contributed by atoms with E-state index in [1.54, 1.807) is 19.2 Å². The number of benzene rings is 2. The van der Waals surface area contributed by atoms with Gasteiger partial charge in [-0.05, 0) is 54.8 Å². The highest BCUT2D eigenvalue weighted by Gasteiger charge is 2.10. The molecule has 130 valence electrons. The number of rotatable bonds is 6. The minimum atomic E-state index is -0.297. The summed E-state index contributed by atoms with van der Waals surface area (Å²) in [7, 11) is 1.65. The maximum Gasteiger partial charge on any atom is 0.224 e. The fourth-order valence-electron chi connectivity index (χ4n) is 2.99. The second-order valence-corrected chi connectivity index (χ2v) is 6.04. The van der Waals surface area contributed by atoms with Crippen molar-refractivity contribution in [3.63, 3.8) is 0 Å². The van der Waals surface area contributed by atoms with Crippen molar-refractivity contribution in [1.29, 1.82) is 0 Å². The average molecular weight is 340 g/mol. The summed E-state index contributed by atoms with van der Waals surface area (Å²) < 4.78 is 18.2. The smallest absolute Gasteiger partial charge is 0.224 e. The molecule has 3 rings (SSSR count). The van der Waals surface area contributed by atoms with Gasteiger partial charge in [0.1, 0.15) is 11.6 Å². The molecule has 0 fully saturated rings. The van der Waals surface area contributed by atoms with Gasteiger partial charge in [0.05, 0.1) is 13.5 Å². The van der Waals surface area contributed by atoms with Crippen LogP contribution >= 0.6 is 0 Å². The van der Waals surface area contributed by atoms with Gasteiger partial charge in [0.25, 0.3) is 0 Å². The van der Waals surface area contributed by atoms with Gasteiger partial charge in [-0.2, -0.15) is 0 Å². The molecular formula is C20H21FN2O2. The summed E-state index contributed by atoms with van der Waals surface area (Å²) >= 11 is 0. The molecule has 0 saturated carbocycles. The Hall–Kier alpha value is -2.82. The Kier molecular flexibility index (Phi) is 5.03. The molecule has 1 amide bonds. The molecule has 3 aromatic rings. The normalized spacial score (nSPS) is 10.8. The summed E-state index contributed by atoms with van der Waals surface area (Å²) in [5.41, 5.74) is 4.13. The number of carbonyl (C=O) groups is 1. The molecule has 0 spiro atoms. The molecule has 0 aliphatic rings. The zero-order valence-corrected chi connectivity index (χ0v) is 14.4. The number of halogens is 1. The van der Waals surface area contributed by atoms with Crippen LogP contribution in [0.1, 0.15) is 16.8 Å². The van der Waals surface area contributed by atoms with E-state index in [0.717, 1.165) is 34.3 Å². The first-order valence-corrected chi connectivity index (χ1v) is 8.23. The predicted molar refractivity (Wildman–Crippen MR) is 96.4 cm³/mol. The first-order valence-electron chi connectivity index (χ1n) is 8.23. The van der Waals surface area contributed by atoms with Crippen molar-refractivity contribution < 1.29 is 13.9 Å².